The van der Waals surface area contributed by atoms with Gasteiger partial charge in [0.2, 0.25) is 0 Å². The van der Waals surface area contributed by atoms with Crippen LogP contribution in [0.15, 0.2) is 97.1 Å². The molecule has 2 atom stereocenters. The molecule has 2 aliphatic heterocycles. The zero-order valence-electron chi connectivity index (χ0n) is 28.7. The van der Waals surface area contributed by atoms with E-state index in [2.05, 4.69) is 0 Å². The third-order valence-electron chi connectivity index (χ3n) is 9.70. The molecule has 6 rings (SSSR count). The first-order valence-electron chi connectivity index (χ1n) is 16.9. The Bertz CT molecular complexity index is 1930. The van der Waals surface area contributed by atoms with Gasteiger partial charge in [-0.05, 0) is 69.7 Å². The summed E-state index contributed by atoms with van der Waals surface area (Å²) in [5.41, 5.74) is 0.400. The van der Waals surface area contributed by atoms with Crippen molar-refractivity contribution >= 4 is 64.4 Å². The Morgan fingerprint density at radius 1 is 0.510 bits per heavy atom. The highest BCUT2D eigenvalue weighted by molar-refractivity contribution is 7.20. The van der Waals surface area contributed by atoms with Crippen LogP contribution >= 0.6 is 0 Å². The van der Waals surface area contributed by atoms with Crippen molar-refractivity contribution in [3.05, 3.63) is 119 Å². The lowest BCUT2D eigenvalue weighted by Crippen LogP contribution is -2.74. The molecule has 0 fully saturated rings. The highest BCUT2D eigenvalue weighted by Crippen LogP contribution is 2.30. The number of hydrogen-bond acceptors (Lipinski definition) is 6. The van der Waals surface area contributed by atoms with E-state index in [4.69, 9.17) is 0 Å². The molecule has 260 valence electrons. The Kier molecular flexibility index (Phi) is 9.34. The van der Waals surface area contributed by atoms with Gasteiger partial charge in [-0.3, -0.25) is 29.0 Å². The molecule has 10 nitrogen and oxygen atoms in total. The highest BCUT2D eigenvalue weighted by Gasteiger charge is 2.49. The van der Waals surface area contributed by atoms with Gasteiger partial charge in [0.05, 0.1) is 22.3 Å². The van der Waals surface area contributed by atoms with Crippen LogP contribution in [0.2, 0.25) is 0 Å². The number of carbonyl (C=O) groups excluding carboxylic acids is 4. The fraction of sp³-hybridized carbons (Fsp3) is 0.250. The summed E-state index contributed by atoms with van der Waals surface area (Å²) in [4.78, 5) is 81.6. The van der Waals surface area contributed by atoms with E-state index in [1.165, 1.54) is 0 Å². The number of carbonyl (C=O) groups is 6. The lowest BCUT2D eigenvalue weighted by Gasteiger charge is -2.34. The average Bonchev–Trinajstić information content (AvgIpc) is 3.50. The Morgan fingerprint density at radius 3 is 1.16 bits per heavy atom. The fourth-order valence-corrected chi connectivity index (χ4v) is 12.2. The van der Waals surface area contributed by atoms with E-state index in [0.29, 0.717) is 10.4 Å². The van der Waals surface area contributed by atoms with Gasteiger partial charge in [-0.1, -0.05) is 100 Å². The fourth-order valence-electron chi connectivity index (χ4n) is 7.45. The number of imide groups is 2. The van der Waals surface area contributed by atoms with Gasteiger partial charge in [-0.25, -0.2) is 9.59 Å². The molecule has 0 aliphatic carbocycles. The Labute approximate surface area is 296 Å². The van der Waals surface area contributed by atoms with E-state index in [0.717, 1.165) is 20.2 Å². The van der Waals surface area contributed by atoms with Crippen molar-refractivity contribution in [2.24, 2.45) is 11.8 Å². The second-order valence-corrected chi connectivity index (χ2v) is 17.7. The van der Waals surface area contributed by atoms with Gasteiger partial charge in [0.25, 0.3) is 23.6 Å². The normalized spacial score (nSPS) is 15.4. The van der Waals surface area contributed by atoms with Crippen molar-refractivity contribution in [1.82, 2.24) is 9.80 Å². The molecule has 0 spiro atoms. The Morgan fingerprint density at radius 2 is 0.843 bits per heavy atom. The van der Waals surface area contributed by atoms with E-state index >= 15 is 0 Å². The smallest absolute Gasteiger partial charge is 0.326 e. The van der Waals surface area contributed by atoms with Crippen molar-refractivity contribution in [2.75, 3.05) is 0 Å². The molecule has 11 heteroatoms. The van der Waals surface area contributed by atoms with E-state index in [9.17, 15) is 39.0 Å². The molecule has 4 aromatic rings. The zero-order chi connectivity index (χ0) is 36.8. The van der Waals surface area contributed by atoms with E-state index < -0.39 is 55.7 Å². The van der Waals surface area contributed by atoms with Gasteiger partial charge in [0.15, 0.2) is 8.07 Å². The minimum absolute atomic E-state index is 0.0906. The minimum Gasteiger partial charge on any atom is -0.480 e. The van der Waals surface area contributed by atoms with E-state index in [1.54, 1.807) is 36.4 Å². The summed E-state index contributed by atoms with van der Waals surface area (Å²) in [6.07, 6.45) is 0.193. The second kappa shape index (κ2) is 13.6. The first-order chi connectivity index (χ1) is 24.3. The maximum absolute atomic E-state index is 14.0. The number of benzene rings is 4. The Balaban J connectivity index is 1.58. The molecule has 2 N–H and O–H groups in total. The third kappa shape index (κ3) is 5.87. The van der Waals surface area contributed by atoms with Gasteiger partial charge in [-0.15, -0.1) is 0 Å². The highest BCUT2D eigenvalue weighted by atomic mass is 28.3. The summed E-state index contributed by atoms with van der Waals surface area (Å²) in [7, 11) is -3.48. The molecule has 4 amide bonds. The van der Waals surface area contributed by atoms with Crippen LogP contribution in [-0.2, 0) is 9.59 Å². The molecular weight excluding hydrogens is 665 g/mol. The molecular formula is C40H38N2O8Si. The topological polar surface area (TPSA) is 149 Å². The molecule has 4 aromatic carbocycles. The van der Waals surface area contributed by atoms with Crippen LogP contribution in [0.25, 0.3) is 0 Å². The van der Waals surface area contributed by atoms with Gasteiger partial charge < -0.3 is 10.2 Å². The molecule has 51 heavy (non-hydrogen) atoms. The van der Waals surface area contributed by atoms with Crippen molar-refractivity contribution in [3.8, 4) is 0 Å². The van der Waals surface area contributed by atoms with Gasteiger partial charge in [-0.2, -0.15) is 0 Å². The van der Waals surface area contributed by atoms with Crippen LogP contribution in [0, 0.1) is 11.8 Å². The summed E-state index contributed by atoms with van der Waals surface area (Å²) in [5, 5.41) is 23.2. The average molecular weight is 703 g/mol. The number of hydrogen-bond donors (Lipinski definition) is 2. The van der Waals surface area contributed by atoms with E-state index in [1.807, 2.05) is 88.4 Å². The van der Waals surface area contributed by atoms with Crippen LogP contribution in [0.4, 0.5) is 0 Å². The lowest BCUT2D eigenvalue weighted by molar-refractivity contribution is -0.142. The molecule has 0 radical (unpaired) electrons. The third-order valence-corrected chi connectivity index (χ3v) is 14.5. The number of fused-ring (bicyclic) bond motifs is 2. The molecule has 2 heterocycles. The molecule has 0 aromatic heterocycles. The predicted octanol–water partition coefficient (Wildman–Crippen LogP) is 3.25. The van der Waals surface area contributed by atoms with Crippen molar-refractivity contribution in [3.63, 3.8) is 0 Å². The van der Waals surface area contributed by atoms with Crippen molar-refractivity contribution in [2.45, 2.75) is 52.6 Å². The summed E-state index contributed by atoms with van der Waals surface area (Å²) in [5.74, 6) is -5.43. The summed E-state index contributed by atoms with van der Waals surface area (Å²) < 4.78 is 0. The molecule has 0 saturated heterocycles. The zero-order valence-corrected chi connectivity index (χ0v) is 29.7. The number of amides is 4. The number of carboxylic acid groups (broad SMARTS) is 2. The quantitative estimate of drug-likeness (QED) is 0.130. The minimum atomic E-state index is -3.48. The number of rotatable bonds is 12. The molecule has 0 bridgehead atoms. The van der Waals surface area contributed by atoms with Gasteiger partial charge >= 0.3 is 11.9 Å². The molecule has 0 unspecified atom stereocenters. The maximum Gasteiger partial charge on any atom is 0.326 e. The summed E-state index contributed by atoms with van der Waals surface area (Å²) in [6.45, 7) is 7.30. The second-order valence-electron chi connectivity index (χ2n) is 13.9. The van der Waals surface area contributed by atoms with Crippen molar-refractivity contribution < 1.29 is 39.0 Å². The van der Waals surface area contributed by atoms with Crippen LogP contribution < -0.4 is 20.7 Å². The number of nitrogens with zero attached hydrogens (tertiary/aromatic N) is 2. The maximum atomic E-state index is 14.0. The first kappa shape index (κ1) is 35.2. The number of aliphatic carboxylic acids is 2. The van der Waals surface area contributed by atoms with Gasteiger partial charge in [0.1, 0.15) is 12.1 Å². The summed E-state index contributed by atoms with van der Waals surface area (Å²) in [6, 6.07) is 26.5. The van der Waals surface area contributed by atoms with Crippen LogP contribution in [0.5, 0.6) is 0 Å². The first-order valence-corrected chi connectivity index (χ1v) is 18.9. The monoisotopic (exact) mass is 702 g/mol. The predicted molar refractivity (Wildman–Crippen MR) is 193 cm³/mol. The molecule has 2 aliphatic rings. The Hall–Kier alpha value is -5.68. The van der Waals surface area contributed by atoms with Gasteiger partial charge in [0, 0.05) is 0 Å². The van der Waals surface area contributed by atoms with Crippen LogP contribution in [0.3, 0.4) is 0 Å². The standard InChI is InChI=1S/C40H38N2O8Si/c1-23(2)19-33(39(47)48)41-35(43)29-17-15-27(21-31(29)37(41)45)51(25-11-7-5-8-12-25,26-13-9-6-10-14-26)28-16-18-30-32(22-28)38(46)42(36(30)44)34(40(49)50)20-24(3)4/h5-18,21-24,33-34H,19-20H2,1-4H3,(H,47,48)(H,49,50)/t33-,34+. The summed E-state index contributed by atoms with van der Waals surface area (Å²) >= 11 is 0. The van der Waals surface area contributed by atoms with Crippen LogP contribution in [0.1, 0.15) is 82.0 Å². The van der Waals surface area contributed by atoms with Crippen molar-refractivity contribution in [1.29, 1.82) is 0 Å². The van der Waals surface area contributed by atoms with E-state index in [-0.39, 0.29) is 46.9 Å². The lowest BCUT2D eigenvalue weighted by atomic mass is 10.0. The SMILES string of the molecule is CC(C)C[C@H](C(=O)O)N1C(=O)c2ccc([Si](c3ccccc3)(c3ccccc3)c3ccc4c(c3)C(=O)N([C@@H](CC(C)C)C(=O)O)C4=O)cc2C1=O. The number of carboxylic acids is 2. The van der Waals surface area contributed by atoms with Crippen LogP contribution in [-0.4, -0.2) is 75.7 Å². The molecule has 0 saturated carbocycles. The largest absolute Gasteiger partial charge is 0.480 e.